The molecule has 1 rings (SSSR count). The maximum Gasteiger partial charge on any atom is 0.334 e. The van der Waals surface area contributed by atoms with Crippen LogP contribution in [0.15, 0.2) is 0 Å². The van der Waals surface area contributed by atoms with Gasteiger partial charge in [0.15, 0.2) is 5.54 Å². The van der Waals surface area contributed by atoms with Crippen molar-refractivity contribution in [3.63, 3.8) is 0 Å². The molecule has 0 unspecified atom stereocenters. The van der Waals surface area contributed by atoms with Crippen molar-refractivity contribution >= 4 is 11.9 Å². The number of carbonyl (C=O) groups excluding carboxylic acids is 2. The van der Waals surface area contributed by atoms with Crippen LogP contribution in [0.25, 0.3) is 0 Å². The molecule has 0 radical (unpaired) electrons. The lowest BCUT2D eigenvalue weighted by Gasteiger charge is -2.46. The maximum atomic E-state index is 11.8. The first-order valence-electron chi connectivity index (χ1n) is 6.05. The molecule has 5 nitrogen and oxygen atoms in total. The molecule has 1 aliphatic carbocycles. The zero-order valence-corrected chi connectivity index (χ0v) is 10.7. The summed E-state index contributed by atoms with van der Waals surface area (Å²) >= 11 is 0. The second-order valence-corrected chi connectivity index (χ2v) is 4.40. The van der Waals surface area contributed by atoms with Crippen molar-refractivity contribution in [2.24, 2.45) is 0 Å². The highest BCUT2D eigenvalue weighted by atomic mass is 16.5. The Balaban J connectivity index is 2.64. The van der Waals surface area contributed by atoms with E-state index in [1.807, 2.05) is 0 Å². The smallest absolute Gasteiger partial charge is 0.334 e. The van der Waals surface area contributed by atoms with Crippen LogP contribution in [-0.4, -0.2) is 37.2 Å². The minimum Gasteiger partial charge on any atom is -0.467 e. The summed E-state index contributed by atoms with van der Waals surface area (Å²) in [6.45, 7) is 4.08. The van der Waals surface area contributed by atoms with Gasteiger partial charge in [0, 0.05) is 13.5 Å². The van der Waals surface area contributed by atoms with E-state index in [4.69, 9.17) is 9.47 Å². The van der Waals surface area contributed by atoms with E-state index in [1.54, 1.807) is 0 Å². The number of unbranched alkanes of at least 4 members (excludes halogenated alkanes) is 1. The fraction of sp³-hybridized carbons (Fsp3) is 0.833. The summed E-state index contributed by atoms with van der Waals surface area (Å²) in [4.78, 5) is 23.0. The topological polar surface area (TPSA) is 64.6 Å². The van der Waals surface area contributed by atoms with E-state index >= 15 is 0 Å². The molecule has 1 saturated carbocycles. The predicted octanol–water partition coefficient (Wildman–Crippen LogP) is 1.01. The zero-order valence-electron chi connectivity index (χ0n) is 10.7. The Bertz CT molecular complexity index is 292. The minimum atomic E-state index is -0.964. The molecule has 0 aromatic carbocycles. The van der Waals surface area contributed by atoms with Crippen LogP contribution in [0.2, 0.25) is 0 Å². The largest absolute Gasteiger partial charge is 0.467 e. The third kappa shape index (κ3) is 2.97. The normalized spacial score (nSPS) is 27.1. The van der Waals surface area contributed by atoms with Gasteiger partial charge in [-0.05, 0) is 19.3 Å². The average Bonchev–Trinajstić information content (AvgIpc) is 2.28. The first-order valence-corrected chi connectivity index (χ1v) is 6.05. The maximum absolute atomic E-state index is 11.8. The number of methoxy groups -OCH3 is 1. The van der Waals surface area contributed by atoms with E-state index in [9.17, 15) is 9.59 Å². The highest BCUT2D eigenvalue weighted by Crippen LogP contribution is 2.36. The van der Waals surface area contributed by atoms with Gasteiger partial charge in [-0.2, -0.15) is 0 Å². The molecule has 0 aliphatic heterocycles. The van der Waals surface area contributed by atoms with Gasteiger partial charge in [0.2, 0.25) is 5.91 Å². The quantitative estimate of drug-likeness (QED) is 0.558. The Hall–Kier alpha value is -1.10. The second-order valence-electron chi connectivity index (χ2n) is 4.40. The molecule has 0 aromatic rings. The third-order valence-corrected chi connectivity index (χ3v) is 3.12. The Morgan fingerprint density at radius 3 is 2.59 bits per heavy atom. The van der Waals surface area contributed by atoms with Crippen LogP contribution < -0.4 is 5.32 Å². The van der Waals surface area contributed by atoms with Gasteiger partial charge >= 0.3 is 5.97 Å². The standard InChI is InChI=1S/C12H21NO4/c1-4-5-8-17-10-6-7-12(10,11(15)16-3)13-9(2)14/h10H,4-8H2,1-3H3,(H,13,14)/t10-,12+/m0/s1. The van der Waals surface area contributed by atoms with Crippen molar-refractivity contribution < 1.29 is 19.1 Å². The van der Waals surface area contributed by atoms with Crippen molar-refractivity contribution in [1.82, 2.24) is 5.32 Å². The van der Waals surface area contributed by atoms with Gasteiger partial charge in [0.1, 0.15) is 0 Å². The van der Waals surface area contributed by atoms with Gasteiger partial charge in [-0.3, -0.25) is 4.79 Å². The van der Waals surface area contributed by atoms with Crippen LogP contribution in [-0.2, 0) is 19.1 Å². The monoisotopic (exact) mass is 243 g/mol. The summed E-state index contributed by atoms with van der Waals surface area (Å²) < 4.78 is 10.4. The molecule has 1 aliphatic rings. The molecule has 5 heteroatoms. The molecule has 2 atom stereocenters. The highest BCUT2D eigenvalue weighted by molar-refractivity contribution is 5.89. The average molecular weight is 243 g/mol. The molecule has 0 heterocycles. The van der Waals surface area contributed by atoms with E-state index in [0.717, 1.165) is 19.3 Å². The van der Waals surface area contributed by atoms with Crippen molar-refractivity contribution in [2.45, 2.75) is 51.2 Å². The molecule has 17 heavy (non-hydrogen) atoms. The number of carbonyl (C=O) groups is 2. The van der Waals surface area contributed by atoms with Crippen LogP contribution in [0.4, 0.5) is 0 Å². The van der Waals surface area contributed by atoms with Gasteiger partial charge in [-0.25, -0.2) is 4.79 Å². The molecule has 1 fully saturated rings. The van der Waals surface area contributed by atoms with Gasteiger partial charge < -0.3 is 14.8 Å². The lowest BCUT2D eigenvalue weighted by atomic mass is 9.73. The van der Waals surface area contributed by atoms with Gasteiger partial charge in [-0.1, -0.05) is 13.3 Å². The molecule has 0 spiro atoms. The van der Waals surface area contributed by atoms with Crippen LogP contribution >= 0.6 is 0 Å². The van der Waals surface area contributed by atoms with Crippen molar-refractivity contribution in [1.29, 1.82) is 0 Å². The minimum absolute atomic E-state index is 0.237. The number of amides is 1. The van der Waals surface area contributed by atoms with E-state index in [2.05, 4.69) is 12.2 Å². The summed E-state index contributed by atoms with van der Waals surface area (Å²) in [5.74, 6) is -0.653. The lowest BCUT2D eigenvalue weighted by molar-refractivity contribution is -0.170. The first kappa shape index (κ1) is 14.0. The number of esters is 1. The summed E-state index contributed by atoms with van der Waals surface area (Å²) in [6.07, 6.45) is 3.09. The molecule has 1 N–H and O–H groups in total. The molecule has 1 amide bonds. The number of rotatable bonds is 6. The third-order valence-electron chi connectivity index (χ3n) is 3.12. The summed E-state index contributed by atoms with van der Waals surface area (Å²) in [5, 5.41) is 2.68. The van der Waals surface area contributed by atoms with Crippen LogP contribution in [0.3, 0.4) is 0 Å². The van der Waals surface area contributed by atoms with Crippen LogP contribution in [0, 0.1) is 0 Å². The zero-order chi connectivity index (χ0) is 12.9. The first-order chi connectivity index (χ1) is 8.06. The Labute approximate surface area is 102 Å². The Morgan fingerprint density at radius 1 is 1.47 bits per heavy atom. The molecule has 0 bridgehead atoms. The molecule has 98 valence electrons. The highest BCUT2D eigenvalue weighted by Gasteiger charge is 2.55. The summed E-state index contributed by atoms with van der Waals surface area (Å²) in [6, 6.07) is 0. The fourth-order valence-electron chi connectivity index (χ4n) is 2.07. The van der Waals surface area contributed by atoms with Crippen molar-refractivity contribution in [2.75, 3.05) is 13.7 Å². The summed E-state index contributed by atoms with van der Waals surface area (Å²) in [7, 11) is 1.33. The van der Waals surface area contributed by atoms with E-state index in [1.165, 1.54) is 14.0 Å². The molecular formula is C12H21NO4. The Kier molecular flexibility index (Phi) is 4.93. The second kappa shape index (κ2) is 6.00. The van der Waals surface area contributed by atoms with E-state index in [0.29, 0.717) is 13.0 Å². The molecular weight excluding hydrogens is 222 g/mol. The molecule has 0 saturated heterocycles. The van der Waals surface area contributed by atoms with Gasteiger partial charge in [0.05, 0.1) is 13.2 Å². The van der Waals surface area contributed by atoms with Crippen molar-refractivity contribution in [3.8, 4) is 0 Å². The number of ether oxygens (including phenoxy) is 2. The number of hydrogen-bond donors (Lipinski definition) is 1. The fourth-order valence-corrected chi connectivity index (χ4v) is 2.07. The van der Waals surface area contributed by atoms with Crippen LogP contribution in [0.5, 0.6) is 0 Å². The predicted molar refractivity (Wildman–Crippen MR) is 62.4 cm³/mol. The van der Waals surface area contributed by atoms with Gasteiger partial charge in [0.25, 0.3) is 0 Å². The van der Waals surface area contributed by atoms with E-state index in [-0.39, 0.29) is 12.0 Å². The van der Waals surface area contributed by atoms with E-state index < -0.39 is 11.5 Å². The summed E-state index contributed by atoms with van der Waals surface area (Å²) in [5.41, 5.74) is -0.964. The number of hydrogen-bond acceptors (Lipinski definition) is 4. The van der Waals surface area contributed by atoms with Gasteiger partial charge in [-0.15, -0.1) is 0 Å². The Morgan fingerprint density at radius 2 is 2.18 bits per heavy atom. The van der Waals surface area contributed by atoms with Crippen LogP contribution in [0.1, 0.15) is 39.5 Å². The number of nitrogens with one attached hydrogen (secondary N) is 1. The SMILES string of the molecule is CCCCO[C@H]1CC[C@]1(NC(C)=O)C(=O)OC. The lowest BCUT2D eigenvalue weighted by Crippen LogP contribution is -2.68. The molecule has 0 aromatic heterocycles. The van der Waals surface area contributed by atoms with Crippen molar-refractivity contribution in [3.05, 3.63) is 0 Å².